The third kappa shape index (κ3) is 3.43. The summed E-state index contributed by atoms with van der Waals surface area (Å²) in [7, 11) is -3.82. The molecule has 0 aliphatic heterocycles. The molecule has 0 radical (unpaired) electrons. The molecule has 0 aliphatic rings. The Balaban J connectivity index is 2.09. The number of benzene rings is 2. The van der Waals surface area contributed by atoms with Crippen LogP contribution < -0.4 is 4.72 Å². The Morgan fingerprint density at radius 3 is 2.30 bits per heavy atom. The van der Waals surface area contributed by atoms with Crippen LogP contribution in [0.2, 0.25) is 0 Å². The minimum atomic E-state index is -3.82. The molecule has 0 saturated carbocycles. The second-order valence-corrected chi connectivity index (χ2v) is 6.33. The molecule has 20 heavy (non-hydrogen) atoms. The van der Waals surface area contributed by atoms with Crippen molar-refractivity contribution in [2.45, 2.75) is 17.7 Å². The Hall–Kier alpha value is -1.72. The van der Waals surface area contributed by atoms with Gasteiger partial charge in [-0.05, 0) is 23.6 Å². The zero-order valence-corrected chi connectivity index (χ0v) is 11.9. The summed E-state index contributed by atoms with van der Waals surface area (Å²) < 4.78 is 40.0. The van der Waals surface area contributed by atoms with E-state index in [1.165, 1.54) is 18.2 Å². The van der Waals surface area contributed by atoms with E-state index in [4.69, 9.17) is 0 Å². The summed E-state index contributed by atoms with van der Waals surface area (Å²) in [5, 5.41) is 0. The third-order valence-electron chi connectivity index (χ3n) is 3.07. The van der Waals surface area contributed by atoms with E-state index in [2.05, 4.69) is 4.72 Å². The van der Waals surface area contributed by atoms with E-state index in [1.807, 2.05) is 37.3 Å². The molecule has 5 heteroatoms. The van der Waals surface area contributed by atoms with Gasteiger partial charge in [0, 0.05) is 6.54 Å². The topological polar surface area (TPSA) is 46.2 Å². The average molecular weight is 293 g/mol. The second-order valence-electron chi connectivity index (χ2n) is 4.59. The fourth-order valence-electron chi connectivity index (χ4n) is 1.87. The van der Waals surface area contributed by atoms with Crippen LogP contribution in [0.15, 0.2) is 59.5 Å². The largest absolute Gasteiger partial charge is 0.243 e. The van der Waals surface area contributed by atoms with Crippen molar-refractivity contribution in [3.05, 3.63) is 66.0 Å². The van der Waals surface area contributed by atoms with Gasteiger partial charge in [-0.15, -0.1) is 0 Å². The molecule has 0 amide bonds. The molecule has 0 fully saturated rings. The molecule has 2 aromatic carbocycles. The monoisotopic (exact) mass is 293 g/mol. The molecule has 106 valence electrons. The Kier molecular flexibility index (Phi) is 4.52. The molecule has 3 nitrogen and oxygen atoms in total. The van der Waals surface area contributed by atoms with Crippen LogP contribution in [0.5, 0.6) is 0 Å². The Morgan fingerprint density at radius 1 is 1.05 bits per heavy atom. The summed E-state index contributed by atoms with van der Waals surface area (Å²) >= 11 is 0. The number of rotatable bonds is 5. The van der Waals surface area contributed by atoms with Gasteiger partial charge in [-0.25, -0.2) is 17.5 Å². The van der Waals surface area contributed by atoms with Gasteiger partial charge in [0.1, 0.15) is 10.7 Å². The van der Waals surface area contributed by atoms with Gasteiger partial charge in [0.25, 0.3) is 0 Å². The molecule has 0 aromatic heterocycles. The van der Waals surface area contributed by atoms with E-state index in [0.29, 0.717) is 0 Å². The molecule has 0 bridgehead atoms. The van der Waals surface area contributed by atoms with Crippen molar-refractivity contribution < 1.29 is 12.8 Å². The zero-order valence-electron chi connectivity index (χ0n) is 11.1. The molecule has 0 saturated heterocycles. The number of hydrogen-bond donors (Lipinski definition) is 1. The summed E-state index contributed by atoms with van der Waals surface area (Å²) in [4.78, 5) is -0.319. The van der Waals surface area contributed by atoms with Crippen LogP contribution in [0.3, 0.4) is 0 Å². The van der Waals surface area contributed by atoms with Gasteiger partial charge in [0.2, 0.25) is 10.0 Å². The fourth-order valence-corrected chi connectivity index (χ4v) is 3.08. The van der Waals surface area contributed by atoms with Gasteiger partial charge in [0.15, 0.2) is 0 Å². The maximum Gasteiger partial charge on any atom is 0.243 e. The maximum absolute atomic E-state index is 13.5. The molecule has 0 heterocycles. The van der Waals surface area contributed by atoms with Crippen molar-refractivity contribution in [1.29, 1.82) is 0 Å². The Morgan fingerprint density at radius 2 is 1.65 bits per heavy atom. The van der Waals surface area contributed by atoms with E-state index in [1.54, 1.807) is 0 Å². The van der Waals surface area contributed by atoms with Crippen LogP contribution in [0, 0.1) is 5.82 Å². The summed E-state index contributed by atoms with van der Waals surface area (Å²) in [6.45, 7) is 2.14. The summed E-state index contributed by atoms with van der Waals surface area (Å²) in [5.74, 6) is -0.731. The molecule has 2 rings (SSSR count). The number of halogens is 1. The van der Waals surface area contributed by atoms with Crippen LogP contribution in [0.25, 0.3) is 0 Å². The Labute approximate surface area is 118 Å². The van der Waals surface area contributed by atoms with E-state index >= 15 is 0 Å². The fraction of sp³-hybridized carbons (Fsp3) is 0.200. The number of hydrogen-bond acceptors (Lipinski definition) is 2. The van der Waals surface area contributed by atoms with E-state index in [-0.39, 0.29) is 17.4 Å². The average Bonchev–Trinajstić information content (AvgIpc) is 2.46. The van der Waals surface area contributed by atoms with Crippen molar-refractivity contribution in [1.82, 2.24) is 4.72 Å². The predicted molar refractivity (Wildman–Crippen MR) is 76.4 cm³/mol. The number of sulfonamides is 1. The minimum Gasteiger partial charge on any atom is -0.210 e. The third-order valence-corrected chi connectivity index (χ3v) is 4.53. The lowest BCUT2D eigenvalue weighted by molar-refractivity contribution is 0.553. The normalized spacial score (nSPS) is 13.1. The highest BCUT2D eigenvalue weighted by atomic mass is 32.2. The number of nitrogens with one attached hydrogen (secondary N) is 1. The molecule has 2 aromatic rings. The standard InChI is InChI=1S/C15H16FNO2S/c1-12(13-7-3-2-4-8-13)11-17-20(18,19)15-10-6-5-9-14(15)16/h2-10,12,17H,11H2,1H3/t12-/m1/s1. The first kappa shape index (κ1) is 14.7. The van der Waals surface area contributed by atoms with Crippen LogP contribution in [0.4, 0.5) is 4.39 Å². The van der Waals surface area contributed by atoms with Gasteiger partial charge in [-0.3, -0.25) is 0 Å². The van der Waals surface area contributed by atoms with Crippen LogP contribution in [-0.4, -0.2) is 15.0 Å². The highest BCUT2D eigenvalue weighted by Gasteiger charge is 2.19. The van der Waals surface area contributed by atoms with Crippen LogP contribution in [0.1, 0.15) is 18.4 Å². The predicted octanol–water partition coefficient (Wildman–Crippen LogP) is 2.91. The van der Waals surface area contributed by atoms with Gasteiger partial charge in [-0.1, -0.05) is 49.4 Å². The molecule has 1 atom stereocenters. The van der Waals surface area contributed by atoms with Crippen LogP contribution >= 0.6 is 0 Å². The van der Waals surface area contributed by atoms with E-state index in [9.17, 15) is 12.8 Å². The molecule has 0 unspecified atom stereocenters. The maximum atomic E-state index is 13.5. The SMILES string of the molecule is C[C@H](CNS(=O)(=O)c1ccccc1F)c1ccccc1. The van der Waals surface area contributed by atoms with Gasteiger partial charge < -0.3 is 0 Å². The van der Waals surface area contributed by atoms with Gasteiger partial charge in [0.05, 0.1) is 0 Å². The highest BCUT2D eigenvalue weighted by molar-refractivity contribution is 7.89. The first-order chi connectivity index (χ1) is 9.50. The van der Waals surface area contributed by atoms with Crippen molar-refractivity contribution in [3.63, 3.8) is 0 Å². The summed E-state index contributed by atoms with van der Waals surface area (Å²) in [6, 6.07) is 14.9. The Bertz CT molecular complexity index is 671. The quantitative estimate of drug-likeness (QED) is 0.921. The minimum absolute atomic E-state index is 0.0118. The summed E-state index contributed by atoms with van der Waals surface area (Å²) in [5.41, 5.74) is 1.03. The first-order valence-electron chi connectivity index (χ1n) is 6.30. The van der Waals surface area contributed by atoms with E-state index < -0.39 is 15.8 Å². The van der Waals surface area contributed by atoms with E-state index in [0.717, 1.165) is 11.6 Å². The molecule has 0 spiro atoms. The van der Waals surface area contributed by atoms with Crippen molar-refractivity contribution in [2.24, 2.45) is 0 Å². The molecular weight excluding hydrogens is 277 g/mol. The first-order valence-corrected chi connectivity index (χ1v) is 7.78. The molecule has 0 aliphatic carbocycles. The van der Waals surface area contributed by atoms with Gasteiger partial charge >= 0.3 is 0 Å². The van der Waals surface area contributed by atoms with Crippen molar-refractivity contribution >= 4 is 10.0 Å². The summed E-state index contributed by atoms with van der Waals surface area (Å²) in [6.07, 6.45) is 0. The lowest BCUT2D eigenvalue weighted by Crippen LogP contribution is -2.28. The second kappa shape index (κ2) is 6.15. The van der Waals surface area contributed by atoms with Gasteiger partial charge in [-0.2, -0.15) is 0 Å². The molecular formula is C15H16FNO2S. The lowest BCUT2D eigenvalue weighted by atomic mass is 10.0. The lowest BCUT2D eigenvalue weighted by Gasteiger charge is -2.13. The highest BCUT2D eigenvalue weighted by Crippen LogP contribution is 2.16. The zero-order chi connectivity index (χ0) is 14.6. The molecule has 1 N–H and O–H groups in total. The smallest absolute Gasteiger partial charge is 0.210 e. The van der Waals surface area contributed by atoms with Crippen molar-refractivity contribution in [2.75, 3.05) is 6.54 Å². The van der Waals surface area contributed by atoms with Crippen LogP contribution in [-0.2, 0) is 10.0 Å². The van der Waals surface area contributed by atoms with Crippen molar-refractivity contribution in [3.8, 4) is 0 Å².